The van der Waals surface area contributed by atoms with Crippen molar-refractivity contribution in [2.75, 3.05) is 20.6 Å². The van der Waals surface area contributed by atoms with Crippen LogP contribution in [0.5, 0.6) is 0 Å². The van der Waals surface area contributed by atoms with Gasteiger partial charge in [-0.3, -0.25) is 0 Å². The molecule has 2 nitrogen and oxygen atoms in total. The number of nitrogens with zero attached hydrogens (tertiary/aromatic N) is 1. The molecule has 2 saturated carbocycles. The van der Waals surface area contributed by atoms with Crippen molar-refractivity contribution in [3.05, 3.63) is 0 Å². The van der Waals surface area contributed by atoms with Gasteiger partial charge in [0.25, 0.3) is 0 Å². The highest BCUT2D eigenvalue weighted by molar-refractivity contribution is 4.98. The standard InChI is InChI=1S/C16H32N2/c1-4-14-7-5-8-15(10-9-14)17-13-16(18(2)3)11-6-12-16/h14-15,17H,4-13H2,1-3H3. The van der Waals surface area contributed by atoms with E-state index in [9.17, 15) is 0 Å². The highest BCUT2D eigenvalue weighted by atomic mass is 15.2. The molecule has 0 aromatic heterocycles. The van der Waals surface area contributed by atoms with Gasteiger partial charge in [-0.15, -0.1) is 0 Å². The molecule has 2 aliphatic rings. The van der Waals surface area contributed by atoms with Gasteiger partial charge in [-0.05, 0) is 58.5 Å². The number of likely N-dealkylation sites (N-methyl/N-ethyl adjacent to an activating group) is 1. The van der Waals surface area contributed by atoms with Gasteiger partial charge in [-0.25, -0.2) is 0 Å². The molecule has 18 heavy (non-hydrogen) atoms. The maximum atomic E-state index is 3.89. The molecule has 0 bridgehead atoms. The zero-order valence-corrected chi connectivity index (χ0v) is 12.7. The average molecular weight is 252 g/mol. The molecule has 0 radical (unpaired) electrons. The smallest absolute Gasteiger partial charge is 0.0328 e. The molecule has 106 valence electrons. The second-order valence-electron chi connectivity index (χ2n) is 6.83. The van der Waals surface area contributed by atoms with Gasteiger partial charge in [0, 0.05) is 18.1 Å². The Labute approximate surface area is 114 Å². The molecule has 2 unspecified atom stereocenters. The molecule has 0 spiro atoms. The summed E-state index contributed by atoms with van der Waals surface area (Å²) in [5.41, 5.74) is 0.483. The van der Waals surface area contributed by atoms with Crippen molar-refractivity contribution in [3.8, 4) is 0 Å². The monoisotopic (exact) mass is 252 g/mol. The lowest BCUT2D eigenvalue weighted by molar-refractivity contribution is 0.0564. The summed E-state index contributed by atoms with van der Waals surface area (Å²) in [5, 5.41) is 3.89. The van der Waals surface area contributed by atoms with Crippen molar-refractivity contribution >= 4 is 0 Å². The Morgan fingerprint density at radius 2 is 1.83 bits per heavy atom. The lowest BCUT2D eigenvalue weighted by Crippen LogP contribution is -2.57. The topological polar surface area (TPSA) is 15.3 Å². The van der Waals surface area contributed by atoms with E-state index < -0.39 is 0 Å². The van der Waals surface area contributed by atoms with Crippen molar-refractivity contribution in [1.29, 1.82) is 0 Å². The highest BCUT2D eigenvalue weighted by Crippen LogP contribution is 2.36. The van der Waals surface area contributed by atoms with Crippen LogP contribution in [-0.4, -0.2) is 37.1 Å². The van der Waals surface area contributed by atoms with Crippen LogP contribution in [0.15, 0.2) is 0 Å². The van der Waals surface area contributed by atoms with E-state index in [2.05, 4.69) is 31.2 Å². The molecule has 1 N–H and O–H groups in total. The molecule has 0 heterocycles. The van der Waals surface area contributed by atoms with Gasteiger partial charge in [0.15, 0.2) is 0 Å². The molecular weight excluding hydrogens is 220 g/mol. The Kier molecular flexibility index (Phi) is 5.08. The fourth-order valence-corrected chi connectivity index (χ4v) is 3.69. The second kappa shape index (κ2) is 6.38. The Hall–Kier alpha value is -0.0800. The van der Waals surface area contributed by atoms with Crippen LogP contribution in [0.25, 0.3) is 0 Å². The largest absolute Gasteiger partial charge is 0.312 e. The molecule has 2 heteroatoms. The summed E-state index contributed by atoms with van der Waals surface area (Å²) in [5.74, 6) is 1.00. The number of nitrogens with one attached hydrogen (secondary N) is 1. The Morgan fingerprint density at radius 1 is 1.06 bits per heavy atom. The lowest BCUT2D eigenvalue weighted by atomic mass is 9.75. The van der Waals surface area contributed by atoms with E-state index in [4.69, 9.17) is 0 Å². The molecule has 2 fully saturated rings. The third-order valence-electron chi connectivity index (χ3n) is 5.62. The van der Waals surface area contributed by atoms with Gasteiger partial charge in [-0.1, -0.05) is 26.2 Å². The minimum Gasteiger partial charge on any atom is -0.312 e. The molecule has 0 aromatic rings. The van der Waals surface area contributed by atoms with E-state index in [0.29, 0.717) is 5.54 Å². The van der Waals surface area contributed by atoms with E-state index in [1.54, 1.807) is 0 Å². The summed E-state index contributed by atoms with van der Waals surface area (Å²) in [6, 6.07) is 0.791. The third-order valence-corrected chi connectivity index (χ3v) is 5.62. The summed E-state index contributed by atoms with van der Waals surface area (Å²) in [7, 11) is 4.50. The Morgan fingerprint density at radius 3 is 2.39 bits per heavy atom. The summed E-state index contributed by atoms with van der Waals surface area (Å²) in [4.78, 5) is 2.45. The van der Waals surface area contributed by atoms with Gasteiger partial charge >= 0.3 is 0 Å². The summed E-state index contributed by atoms with van der Waals surface area (Å²) in [6.07, 6.45) is 12.7. The van der Waals surface area contributed by atoms with Crippen LogP contribution in [0.4, 0.5) is 0 Å². The predicted octanol–water partition coefficient (Wildman–Crippen LogP) is 3.42. The average Bonchev–Trinajstić information content (AvgIpc) is 2.52. The highest BCUT2D eigenvalue weighted by Gasteiger charge is 2.39. The minimum absolute atomic E-state index is 0.483. The van der Waals surface area contributed by atoms with Crippen LogP contribution in [0, 0.1) is 5.92 Å². The first kappa shape index (κ1) is 14.3. The first-order chi connectivity index (χ1) is 8.66. The van der Waals surface area contributed by atoms with Crippen LogP contribution < -0.4 is 5.32 Å². The summed E-state index contributed by atoms with van der Waals surface area (Å²) < 4.78 is 0. The van der Waals surface area contributed by atoms with E-state index in [0.717, 1.165) is 12.0 Å². The molecule has 0 amide bonds. The van der Waals surface area contributed by atoms with Gasteiger partial charge in [0.05, 0.1) is 0 Å². The van der Waals surface area contributed by atoms with Crippen LogP contribution in [0.3, 0.4) is 0 Å². The number of hydrogen-bond donors (Lipinski definition) is 1. The van der Waals surface area contributed by atoms with E-state index in [1.165, 1.54) is 64.3 Å². The van der Waals surface area contributed by atoms with Crippen LogP contribution >= 0.6 is 0 Å². The van der Waals surface area contributed by atoms with Gasteiger partial charge in [0.1, 0.15) is 0 Å². The van der Waals surface area contributed by atoms with Gasteiger partial charge in [-0.2, -0.15) is 0 Å². The molecule has 0 aliphatic heterocycles. The van der Waals surface area contributed by atoms with Crippen molar-refractivity contribution in [2.45, 2.75) is 76.3 Å². The van der Waals surface area contributed by atoms with E-state index in [1.807, 2.05) is 0 Å². The van der Waals surface area contributed by atoms with Crippen molar-refractivity contribution in [1.82, 2.24) is 10.2 Å². The Balaban J connectivity index is 1.76. The van der Waals surface area contributed by atoms with Crippen LogP contribution in [0.1, 0.15) is 64.7 Å². The molecule has 2 atom stereocenters. The quantitative estimate of drug-likeness (QED) is 0.754. The Bertz CT molecular complexity index is 245. The van der Waals surface area contributed by atoms with Gasteiger partial charge < -0.3 is 10.2 Å². The molecular formula is C16H32N2. The van der Waals surface area contributed by atoms with Crippen molar-refractivity contribution in [2.24, 2.45) is 5.92 Å². The maximum Gasteiger partial charge on any atom is 0.0328 e. The normalized spacial score (nSPS) is 32.0. The maximum absolute atomic E-state index is 3.89. The third kappa shape index (κ3) is 3.27. The zero-order valence-electron chi connectivity index (χ0n) is 12.7. The molecule has 2 rings (SSSR count). The first-order valence-corrected chi connectivity index (χ1v) is 8.07. The second-order valence-corrected chi connectivity index (χ2v) is 6.83. The molecule has 0 saturated heterocycles. The fourth-order valence-electron chi connectivity index (χ4n) is 3.69. The predicted molar refractivity (Wildman–Crippen MR) is 78.9 cm³/mol. The fraction of sp³-hybridized carbons (Fsp3) is 1.00. The zero-order chi connectivity index (χ0) is 13.0. The molecule has 2 aliphatic carbocycles. The molecule has 0 aromatic carbocycles. The summed E-state index contributed by atoms with van der Waals surface area (Å²) in [6.45, 7) is 3.56. The summed E-state index contributed by atoms with van der Waals surface area (Å²) >= 11 is 0. The van der Waals surface area contributed by atoms with Crippen LogP contribution in [0.2, 0.25) is 0 Å². The van der Waals surface area contributed by atoms with E-state index >= 15 is 0 Å². The number of hydrogen-bond acceptors (Lipinski definition) is 2. The van der Waals surface area contributed by atoms with E-state index in [-0.39, 0.29) is 0 Å². The lowest BCUT2D eigenvalue weighted by Gasteiger charge is -2.48. The first-order valence-electron chi connectivity index (χ1n) is 8.07. The SMILES string of the molecule is CCC1CCCC(NCC2(N(C)C)CCC2)CC1. The number of rotatable bonds is 5. The minimum atomic E-state index is 0.483. The van der Waals surface area contributed by atoms with Gasteiger partial charge in [0.2, 0.25) is 0 Å². The van der Waals surface area contributed by atoms with Crippen molar-refractivity contribution in [3.63, 3.8) is 0 Å². The van der Waals surface area contributed by atoms with Crippen LogP contribution in [-0.2, 0) is 0 Å². The van der Waals surface area contributed by atoms with Crippen molar-refractivity contribution < 1.29 is 0 Å².